The van der Waals surface area contributed by atoms with Gasteiger partial charge >= 0.3 is 0 Å². The third-order valence-electron chi connectivity index (χ3n) is 5.14. The largest absolute Gasteiger partial charge is 0.357 e. The number of hydrogen-bond acceptors (Lipinski definition) is 3. The van der Waals surface area contributed by atoms with E-state index in [9.17, 15) is 4.79 Å². The van der Waals surface area contributed by atoms with Crippen molar-refractivity contribution in [2.75, 3.05) is 26.2 Å². The summed E-state index contributed by atoms with van der Waals surface area (Å²) in [6, 6.07) is 11.4. The maximum Gasteiger partial charge on any atom is 0.220 e. The van der Waals surface area contributed by atoms with Crippen LogP contribution < -0.4 is 16.0 Å². The third kappa shape index (κ3) is 5.46. The van der Waals surface area contributed by atoms with Gasteiger partial charge in [0.05, 0.1) is 6.54 Å². The van der Waals surface area contributed by atoms with E-state index in [0.29, 0.717) is 19.0 Å². The van der Waals surface area contributed by atoms with E-state index in [2.05, 4.69) is 58.1 Å². The first-order chi connectivity index (χ1) is 12.7. The lowest BCUT2D eigenvalue weighted by atomic mass is 10.1. The van der Waals surface area contributed by atoms with Crippen LogP contribution >= 0.6 is 0 Å². The zero-order valence-corrected chi connectivity index (χ0v) is 15.7. The summed E-state index contributed by atoms with van der Waals surface area (Å²) in [5.74, 6) is 1.01. The molecule has 2 aliphatic rings. The van der Waals surface area contributed by atoms with Crippen LogP contribution in [0.2, 0.25) is 0 Å². The molecule has 142 valence electrons. The van der Waals surface area contributed by atoms with Crippen molar-refractivity contribution in [2.24, 2.45) is 4.99 Å². The maximum atomic E-state index is 11.3. The summed E-state index contributed by atoms with van der Waals surface area (Å²) in [5, 5.41) is 9.73. The quantitative estimate of drug-likeness (QED) is 0.533. The van der Waals surface area contributed by atoms with Gasteiger partial charge in [0.2, 0.25) is 5.91 Å². The van der Waals surface area contributed by atoms with E-state index >= 15 is 0 Å². The van der Waals surface area contributed by atoms with Crippen molar-refractivity contribution in [2.45, 2.75) is 51.2 Å². The first-order valence-electron chi connectivity index (χ1n) is 9.84. The number of guanidine groups is 1. The summed E-state index contributed by atoms with van der Waals surface area (Å²) in [6.07, 6.45) is 3.89. The Morgan fingerprint density at radius 1 is 1.31 bits per heavy atom. The highest BCUT2D eigenvalue weighted by Crippen LogP contribution is 2.20. The molecule has 1 amide bonds. The Morgan fingerprint density at radius 3 is 2.88 bits per heavy atom. The van der Waals surface area contributed by atoms with Gasteiger partial charge in [-0.05, 0) is 38.3 Å². The second-order valence-corrected chi connectivity index (χ2v) is 7.16. The number of piperidine rings is 1. The average molecular weight is 358 g/mol. The molecule has 0 bridgehead atoms. The van der Waals surface area contributed by atoms with Gasteiger partial charge < -0.3 is 16.0 Å². The molecule has 3 rings (SSSR count). The SMILES string of the molecule is CCNC(=NCC1CCCN1Cc1ccccc1)NC1CCC(=O)NC1. The number of aliphatic imine (C=N–C) groups is 1. The van der Waals surface area contributed by atoms with Gasteiger partial charge in [0.25, 0.3) is 0 Å². The molecule has 2 heterocycles. The van der Waals surface area contributed by atoms with E-state index in [1.165, 1.54) is 18.4 Å². The molecule has 3 N–H and O–H groups in total. The molecule has 0 spiro atoms. The van der Waals surface area contributed by atoms with Crippen LogP contribution in [0.1, 0.15) is 38.2 Å². The Hall–Kier alpha value is -2.08. The van der Waals surface area contributed by atoms with E-state index < -0.39 is 0 Å². The molecule has 0 aromatic heterocycles. The predicted octanol–water partition coefficient (Wildman–Crippen LogP) is 1.48. The highest BCUT2D eigenvalue weighted by Gasteiger charge is 2.24. The summed E-state index contributed by atoms with van der Waals surface area (Å²) in [5.41, 5.74) is 1.37. The van der Waals surface area contributed by atoms with Crippen LogP contribution in [0, 0.1) is 0 Å². The van der Waals surface area contributed by atoms with Crippen molar-refractivity contribution >= 4 is 11.9 Å². The number of benzene rings is 1. The fraction of sp³-hybridized carbons (Fsp3) is 0.600. The van der Waals surface area contributed by atoms with E-state index in [-0.39, 0.29) is 11.9 Å². The van der Waals surface area contributed by atoms with Gasteiger partial charge in [0.1, 0.15) is 0 Å². The number of rotatable bonds is 6. The van der Waals surface area contributed by atoms with Crippen molar-refractivity contribution in [3.63, 3.8) is 0 Å². The Bertz CT molecular complexity index is 593. The molecule has 0 saturated carbocycles. The van der Waals surface area contributed by atoms with Crippen LogP contribution in [0.5, 0.6) is 0 Å². The molecule has 2 aliphatic heterocycles. The molecule has 2 atom stereocenters. The zero-order valence-electron chi connectivity index (χ0n) is 15.7. The molecule has 26 heavy (non-hydrogen) atoms. The number of amides is 1. The highest BCUT2D eigenvalue weighted by molar-refractivity contribution is 5.81. The van der Waals surface area contributed by atoms with E-state index in [0.717, 1.165) is 38.6 Å². The third-order valence-corrected chi connectivity index (χ3v) is 5.14. The van der Waals surface area contributed by atoms with Crippen molar-refractivity contribution in [3.05, 3.63) is 35.9 Å². The summed E-state index contributed by atoms with van der Waals surface area (Å²) in [4.78, 5) is 18.7. The predicted molar refractivity (Wildman–Crippen MR) is 105 cm³/mol. The monoisotopic (exact) mass is 357 g/mol. The lowest BCUT2D eigenvalue weighted by molar-refractivity contribution is -0.122. The zero-order chi connectivity index (χ0) is 18.2. The van der Waals surface area contributed by atoms with Crippen molar-refractivity contribution < 1.29 is 4.79 Å². The number of likely N-dealkylation sites (tertiary alicyclic amines) is 1. The Balaban J connectivity index is 1.54. The second kappa shape index (κ2) is 9.57. The van der Waals surface area contributed by atoms with E-state index in [1.807, 2.05) is 0 Å². The Morgan fingerprint density at radius 2 is 2.15 bits per heavy atom. The number of carbonyl (C=O) groups is 1. The molecule has 2 unspecified atom stereocenters. The van der Waals surface area contributed by atoms with Crippen LogP contribution in [-0.2, 0) is 11.3 Å². The average Bonchev–Trinajstić information content (AvgIpc) is 3.09. The van der Waals surface area contributed by atoms with Gasteiger partial charge in [0, 0.05) is 38.1 Å². The van der Waals surface area contributed by atoms with E-state index in [1.54, 1.807) is 0 Å². The molecule has 6 nitrogen and oxygen atoms in total. The standard InChI is InChI=1S/C20H31N5O/c1-2-21-20(24-17-10-11-19(26)22-13-17)23-14-18-9-6-12-25(18)15-16-7-4-3-5-8-16/h3-5,7-8,17-18H,2,6,9-15H2,1H3,(H,22,26)(H2,21,23,24). The first-order valence-corrected chi connectivity index (χ1v) is 9.84. The van der Waals surface area contributed by atoms with Crippen LogP contribution in [0.3, 0.4) is 0 Å². The molecule has 0 aliphatic carbocycles. The number of hydrogen-bond donors (Lipinski definition) is 3. The van der Waals surface area contributed by atoms with Crippen LogP contribution in [0.25, 0.3) is 0 Å². The Labute approximate surface area is 156 Å². The highest BCUT2D eigenvalue weighted by atomic mass is 16.1. The maximum absolute atomic E-state index is 11.3. The molecule has 0 radical (unpaired) electrons. The molecular formula is C20H31N5O. The van der Waals surface area contributed by atoms with Crippen molar-refractivity contribution in [1.82, 2.24) is 20.9 Å². The van der Waals surface area contributed by atoms with Gasteiger partial charge in [-0.2, -0.15) is 0 Å². The second-order valence-electron chi connectivity index (χ2n) is 7.16. The summed E-state index contributed by atoms with van der Waals surface area (Å²) in [6.45, 7) is 6.54. The molecule has 1 aromatic rings. The van der Waals surface area contributed by atoms with Crippen LogP contribution in [0.4, 0.5) is 0 Å². The summed E-state index contributed by atoms with van der Waals surface area (Å²) >= 11 is 0. The molecule has 1 aromatic carbocycles. The minimum Gasteiger partial charge on any atom is -0.357 e. The number of nitrogens with one attached hydrogen (secondary N) is 3. The molecule has 6 heteroatoms. The summed E-state index contributed by atoms with van der Waals surface area (Å²) < 4.78 is 0. The first kappa shape index (κ1) is 18.7. The van der Waals surface area contributed by atoms with Crippen LogP contribution in [0.15, 0.2) is 35.3 Å². The lowest BCUT2D eigenvalue weighted by Gasteiger charge is -2.26. The molecule has 2 fully saturated rings. The van der Waals surface area contributed by atoms with Crippen molar-refractivity contribution in [1.29, 1.82) is 0 Å². The fourth-order valence-corrected chi connectivity index (χ4v) is 3.69. The van der Waals surface area contributed by atoms with Gasteiger partial charge in [0.15, 0.2) is 5.96 Å². The van der Waals surface area contributed by atoms with Gasteiger partial charge in [-0.3, -0.25) is 14.7 Å². The summed E-state index contributed by atoms with van der Waals surface area (Å²) in [7, 11) is 0. The minimum absolute atomic E-state index is 0.146. The molecular weight excluding hydrogens is 326 g/mol. The topological polar surface area (TPSA) is 68.8 Å². The van der Waals surface area contributed by atoms with Gasteiger partial charge in [-0.15, -0.1) is 0 Å². The lowest BCUT2D eigenvalue weighted by Crippen LogP contribution is -2.51. The van der Waals surface area contributed by atoms with Crippen molar-refractivity contribution in [3.8, 4) is 0 Å². The number of nitrogens with zero attached hydrogens (tertiary/aromatic N) is 2. The van der Waals surface area contributed by atoms with Gasteiger partial charge in [-0.25, -0.2) is 0 Å². The number of carbonyl (C=O) groups excluding carboxylic acids is 1. The Kier molecular flexibility index (Phi) is 6.89. The van der Waals surface area contributed by atoms with E-state index in [4.69, 9.17) is 4.99 Å². The van der Waals surface area contributed by atoms with Gasteiger partial charge in [-0.1, -0.05) is 30.3 Å². The minimum atomic E-state index is 0.146. The smallest absolute Gasteiger partial charge is 0.220 e. The fourth-order valence-electron chi connectivity index (χ4n) is 3.69. The normalized spacial score (nSPS) is 24.3. The molecule has 2 saturated heterocycles. The van der Waals surface area contributed by atoms with Crippen LogP contribution in [-0.4, -0.2) is 55.0 Å².